The summed E-state index contributed by atoms with van der Waals surface area (Å²) in [6, 6.07) is 18.7. The van der Waals surface area contributed by atoms with Crippen LogP contribution in [0.2, 0.25) is 0 Å². The molecule has 6 nitrogen and oxygen atoms in total. The number of amides is 1. The summed E-state index contributed by atoms with van der Waals surface area (Å²) in [6.07, 6.45) is 3.25. The van der Waals surface area contributed by atoms with Crippen molar-refractivity contribution in [2.24, 2.45) is 0 Å². The lowest BCUT2D eigenvalue weighted by Gasteiger charge is -2.36. The first-order chi connectivity index (χ1) is 16.7. The molecule has 2 aromatic carbocycles. The Labute approximate surface area is 199 Å². The van der Waals surface area contributed by atoms with Gasteiger partial charge in [-0.15, -0.1) is 0 Å². The van der Waals surface area contributed by atoms with Gasteiger partial charge in [0.05, 0.1) is 12.0 Å². The maximum Gasteiger partial charge on any atom is 0.289 e. The zero-order valence-corrected chi connectivity index (χ0v) is 19.2. The summed E-state index contributed by atoms with van der Waals surface area (Å²) in [5.41, 5.74) is 1.94. The highest BCUT2D eigenvalue weighted by Gasteiger charge is 2.26. The number of carbonyl (C=O) groups excluding carboxylic acids is 1. The molecule has 2 saturated heterocycles. The Morgan fingerprint density at radius 2 is 1.65 bits per heavy atom. The smallest absolute Gasteiger partial charge is 0.289 e. The molecule has 1 amide bonds. The molecule has 0 atom stereocenters. The molecule has 2 aliphatic heterocycles. The molecular formula is C27H30FN3O3. The van der Waals surface area contributed by atoms with Gasteiger partial charge < -0.3 is 19.0 Å². The summed E-state index contributed by atoms with van der Waals surface area (Å²) in [4.78, 5) is 18.8. The van der Waals surface area contributed by atoms with Crippen molar-refractivity contribution in [1.29, 1.82) is 0 Å². The number of piperidine rings is 1. The second-order valence-corrected chi connectivity index (χ2v) is 8.95. The molecule has 0 aliphatic carbocycles. The van der Waals surface area contributed by atoms with Crippen LogP contribution in [0.3, 0.4) is 0 Å². The average Bonchev–Trinajstić information content (AvgIpc) is 3.41. The summed E-state index contributed by atoms with van der Waals surface area (Å²) in [5.74, 6) is 1.05. The lowest BCUT2D eigenvalue weighted by atomic mass is 10.1. The fraction of sp³-hybridized carbons (Fsp3) is 0.370. The Morgan fingerprint density at radius 1 is 0.912 bits per heavy atom. The normalized spacial score (nSPS) is 17.7. The Bertz CT molecular complexity index is 1070. The number of benzene rings is 2. The first-order valence-corrected chi connectivity index (χ1v) is 12.0. The van der Waals surface area contributed by atoms with Gasteiger partial charge in [-0.2, -0.15) is 0 Å². The molecule has 0 saturated carbocycles. The number of para-hydroxylation sites is 1. The van der Waals surface area contributed by atoms with Crippen LogP contribution in [-0.2, 0) is 6.54 Å². The number of furan rings is 1. The van der Waals surface area contributed by atoms with E-state index in [4.69, 9.17) is 9.15 Å². The van der Waals surface area contributed by atoms with Crippen LogP contribution < -0.4 is 9.64 Å². The number of halogens is 1. The molecular weight excluding hydrogens is 433 g/mol. The van der Waals surface area contributed by atoms with Crippen LogP contribution in [0.4, 0.5) is 10.1 Å². The minimum atomic E-state index is -0.152. The van der Waals surface area contributed by atoms with Gasteiger partial charge in [0, 0.05) is 58.7 Å². The maximum absolute atomic E-state index is 14.0. The summed E-state index contributed by atoms with van der Waals surface area (Å²) in [5, 5.41) is 0. The number of hydrogen-bond acceptors (Lipinski definition) is 5. The van der Waals surface area contributed by atoms with Crippen LogP contribution in [0, 0.1) is 5.82 Å². The van der Waals surface area contributed by atoms with Crippen molar-refractivity contribution in [3.05, 3.63) is 84.1 Å². The molecule has 7 heteroatoms. The summed E-state index contributed by atoms with van der Waals surface area (Å²) in [7, 11) is 0. The van der Waals surface area contributed by atoms with E-state index in [1.54, 1.807) is 18.2 Å². The van der Waals surface area contributed by atoms with Gasteiger partial charge in [-0.05, 0) is 42.0 Å². The Kier molecular flexibility index (Phi) is 6.81. The molecule has 178 valence electrons. The van der Waals surface area contributed by atoms with E-state index >= 15 is 0 Å². The van der Waals surface area contributed by atoms with Crippen molar-refractivity contribution >= 4 is 11.6 Å². The van der Waals surface area contributed by atoms with Crippen LogP contribution in [0.1, 0.15) is 29.0 Å². The standard InChI is InChI=1S/C27H30FN3O3/c28-24-4-1-2-5-25(24)30-17-15-29(16-18-30)20-21-7-9-22(10-8-21)34-23-11-13-31(14-12-23)27(32)26-6-3-19-33-26/h1-10,19,23H,11-18,20H2. The van der Waals surface area contributed by atoms with E-state index in [-0.39, 0.29) is 17.8 Å². The number of likely N-dealkylation sites (tertiary alicyclic amines) is 1. The van der Waals surface area contributed by atoms with Gasteiger partial charge in [-0.25, -0.2) is 4.39 Å². The minimum Gasteiger partial charge on any atom is -0.490 e. The van der Waals surface area contributed by atoms with E-state index in [1.165, 1.54) is 17.9 Å². The molecule has 0 N–H and O–H groups in total. The van der Waals surface area contributed by atoms with E-state index in [2.05, 4.69) is 21.9 Å². The van der Waals surface area contributed by atoms with Gasteiger partial charge in [-0.3, -0.25) is 9.69 Å². The molecule has 3 aromatic rings. The van der Waals surface area contributed by atoms with Crippen molar-refractivity contribution in [2.75, 3.05) is 44.2 Å². The van der Waals surface area contributed by atoms with Gasteiger partial charge in [0.15, 0.2) is 5.76 Å². The molecule has 2 fully saturated rings. The SMILES string of the molecule is O=C(c1ccco1)N1CCC(Oc2ccc(CN3CCN(c4ccccc4F)CC3)cc2)CC1. The third kappa shape index (κ3) is 5.25. The largest absolute Gasteiger partial charge is 0.490 e. The van der Waals surface area contributed by atoms with Gasteiger partial charge in [0.25, 0.3) is 5.91 Å². The third-order valence-electron chi connectivity index (χ3n) is 6.66. The molecule has 5 rings (SSSR count). The minimum absolute atomic E-state index is 0.0532. The number of nitrogens with zero attached hydrogens (tertiary/aromatic N) is 3. The first-order valence-electron chi connectivity index (χ1n) is 12.0. The van der Waals surface area contributed by atoms with Crippen LogP contribution in [-0.4, -0.2) is 61.1 Å². The predicted molar refractivity (Wildman–Crippen MR) is 129 cm³/mol. The summed E-state index contributed by atoms with van der Waals surface area (Å²) >= 11 is 0. The molecule has 0 unspecified atom stereocenters. The van der Waals surface area contributed by atoms with Crippen LogP contribution >= 0.6 is 0 Å². The molecule has 3 heterocycles. The zero-order valence-electron chi connectivity index (χ0n) is 19.2. The van der Waals surface area contributed by atoms with E-state index < -0.39 is 0 Å². The second kappa shape index (κ2) is 10.3. The van der Waals surface area contributed by atoms with Gasteiger partial charge in [0.1, 0.15) is 17.7 Å². The molecule has 0 spiro atoms. The van der Waals surface area contributed by atoms with Gasteiger partial charge in [0.2, 0.25) is 0 Å². The van der Waals surface area contributed by atoms with Crippen molar-refractivity contribution in [3.63, 3.8) is 0 Å². The molecule has 0 bridgehead atoms. The molecule has 0 radical (unpaired) electrons. The average molecular weight is 464 g/mol. The maximum atomic E-state index is 14.0. The highest BCUT2D eigenvalue weighted by atomic mass is 19.1. The van der Waals surface area contributed by atoms with E-state index in [0.717, 1.165) is 51.3 Å². The lowest BCUT2D eigenvalue weighted by molar-refractivity contribution is 0.0566. The van der Waals surface area contributed by atoms with Crippen LogP contribution in [0.25, 0.3) is 0 Å². The second-order valence-electron chi connectivity index (χ2n) is 8.95. The van der Waals surface area contributed by atoms with Crippen LogP contribution in [0.5, 0.6) is 5.75 Å². The summed E-state index contributed by atoms with van der Waals surface area (Å²) in [6.45, 7) is 5.66. The number of anilines is 1. The first kappa shape index (κ1) is 22.5. The summed E-state index contributed by atoms with van der Waals surface area (Å²) < 4.78 is 25.4. The predicted octanol–water partition coefficient (Wildman–Crippen LogP) is 4.42. The topological polar surface area (TPSA) is 49.2 Å². The Hall–Kier alpha value is -3.32. The van der Waals surface area contributed by atoms with Crippen molar-refractivity contribution in [1.82, 2.24) is 9.80 Å². The van der Waals surface area contributed by atoms with Crippen molar-refractivity contribution in [3.8, 4) is 5.75 Å². The Balaban J connectivity index is 1.07. The quantitative estimate of drug-likeness (QED) is 0.542. The zero-order chi connectivity index (χ0) is 23.3. The fourth-order valence-corrected chi connectivity index (χ4v) is 4.71. The molecule has 34 heavy (non-hydrogen) atoms. The number of rotatable bonds is 6. The van der Waals surface area contributed by atoms with E-state index in [9.17, 15) is 9.18 Å². The number of carbonyl (C=O) groups is 1. The number of ether oxygens (including phenoxy) is 1. The van der Waals surface area contributed by atoms with Crippen LogP contribution in [0.15, 0.2) is 71.3 Å². The molecule has 1 aromatic heterocycles. The van der Waals surface area contributed by atoms with E-state index in [0.29, 0.717) is 24.5 Å². The lowest BCUT2D eigenvalue weighted by Crippen LogP contribution is -2.46. The number of piperazine rings is 1. The number of hydrogen-bond donors (Lipinski definition) is 0. The molecule has 2 aliphatic rings. The van der Waals surface area contributed by atoms with Crippen molar-refractivity contribution in [2.45, 2.75) is 25.5 Å². The Morgan fingerprint density at radius 3 is 2.32 bits per heavy atom. The van der Waals surface area contributed by atoms with Crippen molar-refractivity contribution < 1.29 is 18.3 Å². The van der Waals surface area contributed by atoms with Gasteiger partial charge in [-0.1, -0.05) is 24.3 Å². The third-order valence-corrected chi connectivity index (χ3v) is 6.66. The van der Waals surface area contributed by atoms with E-state index in [1.807, 2.05) is 29.2 Å². The highest BCUT2D eigenvalue weighted by Crippen LogP contribution is 2.23. The van der Waals surface area contributed by atoms with Gasteiger partial charge >= 0.3 is 0 Å². The highest BCUT2D eigenvalue weighted by molar-refractivity contribution is 5.91. The fourth-order valence-electron chi connectivity index (χ4n) is 4.71. The monoisotopic (exact) mass is 463 g/mol.